The molecule has 0 saturated heterocycles. The standard InChI is InChI=1S/C18H22N6O3/c1-22-10-11(8-20-22)17-14-9-19-16(23(2)18(26)27)7-15(14)24(21-17)12-3-5-13(25)6-4-12/h7-10,12-13,25H,3-6H2,1-2H3,(H,26,27). The molecule has 27 heavy (non-hydrogen) atoms. The normalized spacial score (nSPS) is 20.1. The van der Waals surface area contributed by atoms with Crippen LogP contribution in [-0.4, -0.2) is 54.0 Å². The van der Waals surface area contributed by atoms with Crippen molar-refractivity contribution >= 4 is 22.8 Å². The number of fused-ring (bicyclic) bond motifs is 1. The number of aliphatic hydroxyl groups excluding tert-OH is 1. The van der Waals surface area contributed by atoms with E-state index >= 15 is 0 Å². The molecule has 0 atom stereocenters. The topological polar surface area (TPSA) is 109 Å². The largest absolute Gasteiger partial charge is 0.465 e. The van der Waals surface area contributed by atoms with Crippen molar-refractivity contribution in [3.05, 3.63) is 24.7 Å². The molecule has 9 nitrogen and oxygen atoms in total. The highest BCUT2D eigenvalue weighted by Gasteiger charge is 2.25. The van der Waals surface area contributed by atoms with Gasteiger partial charge >= 0.3 is 6.09 Å². The van der Waals surface area contributed by atoms with Gasteiger partial charge in [-0.3, -0.25) is 14.3 Å². The van der Waals surface area contributed by atoms with Gasteiger partial charge in [0.1, 0.15) is 11.5 Å². The van der Waals surface area contributed by atoms with Gasteiger partial charge in [0.2, 0.25) is 0 Å². The second kappa shape index (κ2) is 6.66. The van der Waals surface area contributed by atoms with Crippen LogP contribution in [0.3, 0.4) is 0 Å². The molecule has 9 heteroatoms. The SMILES string of the molecule is CN(C(=O)O)c1cc2c(cn1)c(-c1cnn(C)c1)nn2C1CCC(O)CC1. The minimum atomic E-state index is -1.07. The zero-order valence-corrected chi connectivity index (χ0v) is 15.3. The van der Waals surface area contributed by atoms with Gasteiger partial charge in [-0.15, -0.1) is 0 Å². The van der Waals surface area contributed by atoms with E-state index in [1.807, 2.05) is 17.9 Å². The molecule has 0 unspecified atom stereocenters. The number of anilines is 1. The Morgan fingerprint density at radius 1 is 1.26 bits per heavy atom. The van der Waals surface area contributed by atoms with Gasteiger partial charge < -0.3 is 10.2 Å². The van der Waals surface area contributed by atoms with Crippen molar-refractivity contribution in [2.45, 2.75) is 37.8 Å². The Balaban J connectivity index is 1.86. The van der Waals surface area contributed by atoms with Crippen LogP contribution >= 0.6 is 0 Å². The average molecular weight is 370 g/mol. The molecule has 0 aliphatic heterocycles. The van der Waals surface area contributed by atoms with E-state index in [0.29, 0.717) is 5.82 Å². The number of nitrogens with zero attached hydrogens (tertiary/aromatic N) is 6. The molecule has 1 amide bonds. The first-order chi connectivity index (χ1) is 12.9. The Bertz CT molecular complexity index is 986. The molecule has 4 rings (SSSR count). The minimum absolute atomic E-state index is 0.159. The first-order valence-electron chi connectivity index (χ1n) is 8.96. The zero-order chi connectivity index (χ0) is 19.1. The van der Waals surface area contributed by atoms with Gasteiger partial charge in [-0.25, -0.2) is 9.78 Å². The quantitative estimate of drug-likeness (QED) is 0.733. The number of carboxylic acid groups (broad SMARTS) is 1. The number of aryl methyl sites for hydroxylation is 1. The van der Waals surface area contributed by atoms with Gasteiger partial charge in [-0.05, 0) is 25.7 Å². The zero-order valence-electron chi connectivity index (χ0n) is 15.3. The molecule has 1 aliphatic carbocycles. The fourth-order valence-corrected chi connectivity index (χ4v) is 3.64. The van der Waals surface area contributed by atoms with Crippen LogP contribution in [0.25, 0.3) is 22.2 Å². The molecule has 0 radical (unpaired) electrons. The Kier molecular flexibility index (Phi) is 4.31. The van der Waals surface area contributed by atoms with Crippen molar-refractivity contribution < 1.29 is 15.0 Å². The summed E-state index contributed by atoms with van der Waals surface area (Å²) in [5.74, 6) is 0.352. The predicted molar refractivity (Wildman–Crippen MR) is 99.7 cm³/mol. The summed E-state index contributed by atoms with van der Waals surface area (Å²) in [7, 11) is 3.32. The third-order valence-corrected chi connectivity index (χ3v) is 5.20. The molecule has 0 bridgehead atoms. The van der Waals surface area contributed by atoms with E-state index in [0.717, 1.165) is 52.7 Å². The molecule has 3 heterocycles. The lowest BCUT2D eigenvalue weighted by molar-refractivity contribution is 0.109. The van der Waals surface area contributed by atoms with Gasteiger partial charge in [0, 0.05) is 43.5 Å². The average Bonchev–Trinajstić information content (AvgIpc) is 3.24. The van der Waals surface area contributed by atoms with E-state index in [9.17, 15) is 15.0 Å². The summed E-state index contributed by atoms with van der Waals surface area (Å²) in [4.78, 5) is 16.7. The van der Waals surface area contributed by atoms with Crippen LogP contribution in [0.5, 0.6) is 0 Å². The Morgan fingerprint density at radius 2 is 2.00 bits per heavy atom. The monoisotopic (exact) mass is 370 g/mol. The smallest absolute Gasteiger partial charge is 0.412 e. The number of carbonyl (C=O) groups is 1. The third-order valence-electron chi connectivity index (χ3n) is 5.20. The maximum absolute atomic E-state index is 11.3. The molecule has 1 fully saturated rings. The summed E-state index contributed by atoms with van der Waals surface area (Å²) in [6.45, 7) is 0. The van der Waals surface area contributed by atoms with E-state index in [1.165, 1.54) is 7.05 Å². The van der Waals surface area contributed by atoms with Crippen molar-refractivity contribution in [1.29, 1.82) is 0 Å². The van der Waals surface area contributed by atoms with E-state index < -0.39 is 6.09 Å². The second-order valence-corrected chi connectivity index (χ2v) is 7.06. The van der Waals surface area contributed by atoms with E-state index in [4.69, 9.17) is 5.10 Å². The van der Waals surface area contributed by atoms with E-state index in [2.05, 4.69) is 10.1 Å². The summed E-state index contributed by atoms with van der Waals surface area (Å²) < 4.78 is 3.68. The van der Waals surface area contributed by atoms with Gasteiger partial charge in [-0.2, -0.15) is 10.2 Å². The van der Waals surface area contributed by atoms with Crippen LogP contribution in [0, 0.1) is 0 Å². The number of aromatic nitrogens is 5. The number of aliphatic hydroxyl groups is 1. The van der Waals surface area contributed by atoms with Crippen LogP contribution in [0.15, 0.2) is 24.7 Å². The van der Waals surface area contributed by atoms with E-state index in [-0.39, 0.29) is 12.1 Å². The Hall–Kier alpha value is -2.94. The molecule has 2 N–H and O–H groups in total. The van der Waals surface area contributed by atoms with Gasteiger partial charge in [0.15, 0.2) is 0 Å². The fraction of sp³-hybridized carbons (Fsp3) is 0.444. The van der Waals surface area contributed by atoms with Crippen molar-refractivity contribution in [1.82, 2.24) is 24.5 Å². The number of hydrogen-bond acceptors (Lipinski definition) is 5. The summed E-state index contributed by atoms with van der Waals surface area (Å²) in [5.41, 5.74) is 2.51. The summed E-state index contributed by atoms with van der Waals surface area (Å²) >= 11 is 0. The molecule has 3 aromatic heterocycles. The highest BCUT2D eigenvalue weighted by atomic mass is 16.4. The predicted octanol–water partition coefficient (Wildman–Crippen LogP) is 2.42. The first kappa shape index (κ1) is 17.5. The molecule has 3 aromatic rings. The summed E-state index contributed by atoms with van der Waals surface area (Å²) in [5, 5.41) is 29.0. The van der Waals surface area contributed by atoms with Crippen molar-refractivity contribution in [3.8, 4) is 11.3 Å². The fourth-order valence-electron chi connectivity index (χ4n) is 3.64. The van der Waals surface area contributed by atoms with E-state index in [1.54, 1.807) is 23.1 Å². The summed E-state index contributed by atoms with van der Waals surface area (Å²) in [6, 6.07) is 1.92. The summed E-state index contributed by atoms with van der Waals surface area (Å²) in [6.07, 6.45) is 7.14. The van der Waals surface area contributed by atoms with Gasteiger partial charge in [0.05, 0.1) is 23.9 Å². The lowest BCUT2D eigenvalue weighted by Gasteiger charge is -2.26. The molecule has 1 aliphatic rings. The van der Waals surface area contributed by atoms with Crippen LogP contribution in [0.1, 0.15) is 31.7 Å². The first-order valence-corrected chi connectivity index (χ1v) is 8.96. The van der Waals surface area contributed by atoms with Crippen LogP contribution < -0.4 is 4.90 Å². The lowest BCUT2D eigenvalue weighted by Crippen LogP contribution is -2.25. The maximum Gasteiger partial charge on any atom is 0.412 e. The second-order valence-electron chi connectivity index (χ2n) is 7.06. The number of pyridine rings is 1. The molecule has 142 valence electrons. The Labute approximate surface area is 155 Å². The molecular weight excluding hydrogens is 348 g/mol. The molecule has 0 spiro atoms. The lowest BCUT2D eigenvalue weighted by atomic mass is 9.93. The molecular formula is C18H22N6O3. The van der Waals surface area contributed by atoms with Crippen molar-refractivity contribution in [2.75, 3.05) is 11.9 Å². The highest BCUT2D eigenvalue weighted by Crippen LogP contribution is 2.35. The van der Waals surface area contributed by atoms with Crippen molar-refractivity contribution in [2.24, 2.45) is 7.05 Å². The van der Waals surface area contributed by atoms with Gasteiger partial charge in [-0.1, -0.05) is 0 Å². The highest BCUT2D eigenvalue weighted by molar-refractivity contribution is 5.95. The number of amides is 1. The van der Waals surface area contributed by atoms with Crippen molar-refractivity contribution in [3.63, 3.8) is 0 Å². The van der Waals surface area contributed by atoms with Crippen LogP contribution in [-0.2, 0) is 7.05 Å². The Morgan fingerprint density at radius 3 is 2.63 bits per heavy atom. The van der Waals surface area contributed by atoms with Gasteiger partial charge in [0.25, 0.3) is 0 Å². The third kappa shape index (κ3) is 3.14. The number of rotatable bonds is 3. The maximum atomic E-state index is 11.3. The van der Waals surface area contributed by atoms with Crippen LogP contribution in [0.2, 0.25) is 0 Å². The molecule has 1 saturated carbocycles. The minimum Gasteiger partial charge on any atom is -0.465 e. The number of hydrogen-bond donors (Lipinski definition) is 2. The molecule has 0 aromatic carbocycles. The van der Waals surface area contributed by atoms with Crippen LogP contribution in [0.4, 0.5) is 10.6 Å².